The van der Waals surface area contributed by atoms with Gasteiger partial charge in [0.2, 0.25) is 5.91 Å². The molecular formula is C38H39N3O7S2. The number of amides is 3. The largest absolute Gasteiger partial charge is 0.508 e. The van der Waals surface area contributed by atoms with Crippen LogP contribution >= 0.6 is 23.1 Å². The number of phenols is 1. The normalized spacial score (nSPS) is 13.3. The number of thiophene rings is 1. The number of nitrogens with one attached hydrogen (secondary N) is 3. The molecule has 0 spiro atoms. The molecule has 260 valence electrons. The highest BCUT2D eigenvalue weighted by atomic mass is 32.2. The Labute approximate surface area is 299 Å². The highest BCUT2D eigenvalue weighted by Gasteiger charge is 2.28. The lowest BCUT2D eigenvalue weighted by Crippen LogP contribution is -2.30. The number of thioether (sulfide) groups is 1. The number of phenolic OH excluding ortho intramolecular Hbond substituents is 1. The first-order valence-electron chi connectivity index (χ1n) is 16.3. The van der Waals surface area contributed by atoms with Crippen LogP contribution in [0.15, 0.2) is 83.4 Å². The van der Waals surface area contributed by atoms with Gasteiger partial charge in [0.15, 0.2) is 0 Å². The molecule has 0 radical (unpaired) electrons. The van der Waals surface area contributed by atoms with E-state index in [2.05, 4.69) is 16.0 Å². The molecule has 1 aliphatic rings. The average molecular weight is 714 g/mol. The maximum absolute atomic E-state index is 13.6. The van der Waals surface area contributed by atoms with E-state index < -0.39 is 23.0 Å². The molecular weight excluding hydrogens is 675 g/mol. The molecule has 0 saturated heterocycles. The minimum atomic E-state index is -0.596. The first kappa shape index (κ1) is 36.2. The van der Waals surface area contributed by atoms with Gasteiger partial charge in [-0.3, -0.25) is 14.4 Å². The van der Waals surface area contributed by atoms with Crippen LogP contribution in [-0.2, 0) is 27.2 Å². The van der Waals surface area contributed by atoms with Crippen LogP contribution in [0.1, 0.15) is 69.8 Å². The highest BCUT2D eigenvalue weighted by molar-refractivity contribution is 8.00. The van der Waals surface area contributed by atoms with Gasteiger partial charge in [-0.2, -0.15) is 0 Å². The second kappa shape index (κ2) is 17.0. The number of aromatic hydroxyl groups is 1. The summed E-state index contributed by atoms with van der Waals surface area (Å²) in [6.07, 6.45) is 6.27. The molecule has 0 saturated carbocycles. The third kappa shape index (κ3) is 9.13. The molecule has 4 aromatic rings. The fourth-order valence-corrected chi connectivity index (χ4v) is 7.69. The number of methoxy groups -OCH3 is 1. The van der Waals surface area contributed by atoms with Crippen molar-refractivity contribution in [1.82, 2.24) is 5.32 Å². The molecule has 1 unspecified atom stereocenters. The van der Waals surface area contributed by atoms with E-state index in [1.807, 2.05) is 6.07 Å². The molecule has 50 heavy (non-hydrogen) atoms. The molecule has 1 aromatic heterocycles. The fourth-order valence-electron chi connectivity index (χ4n) is 5.48. The third-order valence-electron chi connectivity index (χ3n) is 7.96. The van der Waals surface area contributed by atoms with E-state index in [0.29, 0.717) is 33.1 Å². The first-order chi connectivity index (χ1) is 24.2. The maximum atomic E-state index is 13.6. The van der Waals surface area contributed by atoms with Gasteiger partial charge in [-0.25, -0.2) is 4.79 Å². The monoisotopic (exact) mass is 713 g/mol. The quantitative estimate of drug-likeness (QED) is 0.0514. The number of aryl methyl sites for hydroxylation is 1. The Morgan fingerprint density at radius 3 is 2.50 bits per heavy atom. The van der Waals surface area contributed by atoms with Gasteiger partial charge in [0.05, 0.1) is 24.5 Å². The number of carbonyl (C=O) groups excluding carboxylic acids is 4. The number of benzene rings is 3. The van der Waals surface area contributed by atoms with E-state index in [1.165, 1.54) is 48.4 Å². The van der Waals surface area contributed by atoms with Crippen molar-refractivity contribution in [3.8, 4) is 11.5 Å². The van der Waals surface area contributed by atoms with Gasteiger partial charge < -0.3 is 30.5 Å². The molecule has 1 atom stereocenters. The Morgan fingerprint density at radius 1 is 0.960 bits per heavy atom. The minimum Gasteiger partial charge on any atom is -0.508 e. The van der Waals surface area contributed by atoms with E-state index in [9.17, 15) is 24.3 Å². The Bertz CT molecular complexity index is 1910. The molecule has 0 fully saturated rings. The van der Waals surface area contributed by atoms with E-state index >= 15 is 0 Å². The van der Waals surface area contributed by atoms with Crippen LogP contribution < -0.4 is 20.7 Å². The van der Waals surface area contributed by atoms with Gasteiger partial charge in [-0.15, -0.1) is 23.1 Å². The molecule has 3 aromatic carbocycles. The summed E-state index contributed by atoms with van der Waals surface area (Å²) in [5.74, 6) is -1.46. The number of carbonyl (C=O) groups is 4. The van der Waals surface area contributed by atoms with Crippen LogP contribution in [0.5, 0.6) is 11.5 Å². The van der Waals surface area contributed by atoms with Crippen molar-refractivity contribution in [2.24, 2.45) is 0 Å². The Morgan fingerprint density at radius 2 is 1.74 bits per heavy atom. The second-order valence-corrected chi connectivity index (χ2v) is 14.0. The molecule has 0 bridgehead atoms. The van der Waals surface area contributed by atoms with Crippen molar-refractivity contribution in [3.05, 3.63) is 106 Å². The fraction of sp³-hybridized carbons (Fsp3) is 0.263. The van der Waals surface area contributed by atoms with Crippen molar-refractivity contribution >= 4 is 63.6 Å². The summed E-state index contributed by atoms with van der Waals surface area (Å²) < 4.78 is 10.7. The van der Waals surface area contributed by atoms with Gasteiger partial charge in [0, 0.05) is 32.7 Å². The Kier molecular flexibility index (Phi) is 12.3. The van der Waals surface area contributed by atoms with Crippen molar-refractivity contribution in [2.75, 3.05) is 24.4 Å². The number of hydrogen-bond acceptors (Lipinski definition) is 9. The predicted molar refractivity (Wildman–Crippen MR) is 197 cm³/mol. The maximum Gasteiger partial charge on any atom is 0.341 e. The third-order valence-corrected chi connectivity index (χ3v) is 10.3. The van der Waals surface area contributed by atoms with E-state index in [1.54, 1.807) is 68.4 Å². The first-order valence-corrected chi connectivity index (χ1v) is 18.0. The van der Waals surface area contributed by atoms with E-state index in [4.69, 9.17) is 9.47 Å². The van der Waals surface area contributed by atoms with E-state index in [-0.39, 0.29) is 24.0 Å². The zero-order valence-corrected chi connectivity index (χ0v) is 29.7. The smallest absolute Gasteiger partial charge is 0.341 e. The standard InChI is InChI=1S/C38H39N3O7S2/c1-4-48-38(46)33-29-16-9-6-10-17-32(29)50-37(33)41-34(43)23(2)49-28-15-11-14-26(21-28)39-36(45)30(40-35(44)24-12-7-5-8-13-24)20-25-18-19-27(42)22-31(25)47-3/h5,7-8,11-15,18-23,42H,4,6,9-10,16-17H2,1-3H3,(H,39,45)(H,40,44)(H,41,43)/b30-20+. The van der Waals surface area contributed by atoms with Gasteiger partial charge in [-0.1, -0.05) is 30.7 Å². The lowest BCUT2D eigenvalue weighted by Gasteiger charge is -2.15. The van der Waals surface area contributed by atoms with Gasteiger partial charge in [0.1, 0.15) is 22.2 Å². The zero-order valence-electron chi connectivity index (χ0n) is 28.0. The lowest BCUT2D eigenvalue weighted by atomic mass is 10.1. The molecule has 10 nitrogen and oxygen atoms in total. The Balaban J connectivity index is 1.32. The molecule has 1 heterocycles. The number of esters is 1. The van der Waals surface area contributed by atoms with Crippen LogP contribution in [0.2, 0.25) is 0 Å². The van der Waals surface area contributed by atoms with Gasteiger partial charge in [-0.05, 0) is 93.6 Å². The van der Waals surface area contributed by atoms with Crippen molar-refractivity contribution < 1.29 is 33.8 Å². The molecule has 0 aliphatic heterocycles. The molecule has 12 heteroatoms. The molecule has 1 aliphatic carbocycles. The summed E-state index contributed by atoms with van der Waals surface area (Å²) in [4.78, 5) is 54.9. The number of hydrogen-bond donors (Lipinski definition) is 4. The summed E-state index contributed by atoms with van der Waals surface area (Å²) in [7, 11) is 1.44. The zero-order chi connectivity index (χ0) is 35.6. The van der Waals surface area contributed by atoms with Crippen LogP contribution in [0.4, 0.5) is 10.7 Å². The topological polar surface area (TPSA) is 143 Å². The summed E-state index contributed by atoms with van der Waals surface area (Å²) in [5, 5.41) is 18.4. The summed E-state index contributed by atoms with van der Waals surface area (Å²) >= 11 is 2.76. The van der Waals surface area contributed by atoms with Crippen LogP contribution in [-0.4, -0.2) is 47.8 Å². The Hall–Kier alpha value is -5.07. The second-order valence-electron chi connectivity index (χ2n) is 11.5. The number of anilines is 2. The highest BCUT2D eigenvalue weighted by Crippen LogP contribution is 2.39. The van der Waals surface area contributed by atoms with Gasteiger partial charge >= 0.3 is 5.97 Å². The van der Waals surface area contributed by atoms with Crippen molar-refractivity contribution in [2.45, 2.75) is 56.1 Å². The van der Waals surface area contributed by atoms with Crippen molar-refractivity contribution in [3.63, 3.8) is 0 Å². The number of fused-ring (bicyclic) bond motifs is 1. The van der Waals surface area contributed by atoms with Gasteiger partial charge in [0.25, 0.3) is 11.8 Å². The number of rotatable bonds is 12. The average Bonchev–Trinajstić information content (AvgIpc) is 3.28. The van der Waals surface area contributed by atoms with Crippen LogP contribution in [0.3, 0.4) is 0 Å². The predicted octanol–water partition coefficient (Wildman–Crippen LogP) is 7.44. The van der Waals surface area contributed by atoms with Crippen LogP contribution in [0.25, 0.3) is 6.08 Å². The minimum absolute atomic E-state index is 0.0140. The SMILES string of the molecule is CCOC(=O)c1c(NC(=O)C(C)Sc2cccc(NC(=O)/C(=C\c3ccc(O)cc3OC)NC(=O)c3ccccc3)c2)sc2c1CCCCC2. The summed E-state index contributed by atoms with van der Waals surface area (Å²) in [5.41, 5.74) is 2.67. The molecule has 3 amide bonds. The van der Waals surface area contributed by atoms with Crippen molar-refractivity contribution in [1.29, 1.82) is 0 Å². The molecule has 4 N–H and O–H groups in total. The summed E-state index contributed by atoms with van der Waals surface area (Å²) in [6.45, 7) is 3.79. The number of ether oxygens (including phenoxy) is 2. The van der Waals surface area contributed by atoms with Crippen LogP contribution in [0, 0.1) is 0 Å². The lowest BCUT2D eigenvalue weighted by molar-refractivity contribution is -0.115. The van der Waals surface area contributed by atoms with E-state index in [0.717, 1.165) is 47.4 Å². The summed E-state index contributed by atoms with van der Waals surface area (Å²) in [6, 6.07) is 20.0. The molecule has 5 rings (SSSR count).